The zero-order valence-corrected chi connectivity index (χ0v) is 20.9. The van der Waals surface area contributed by atoms with E-state index >= 15 is 0 Å². The smallest absolute Gasteiger partial charge is 0.0409 e. The first kappa shape index (κ1) is 23.6. The number of hydrogen-bond acceptors (Lipinski definition) is 2. The molecule has 0 atom stereocenters. The van der Waals surface area contributed by atoms with Crippen LogP contribution in [-0.2, 0) is 6.42 Å². The third-order valence-corrected chi connectivity index (χ3v) is 8.46. The maximum absolute atomic E-state index is 6.19. The van der Waals surface area contributed by atoms with Crippen LogP contribution < -0.4 is 0 Å². The summed E-state index contributed by atoms with van der Waals surface area (Å²) in [6.45, 7) is 10.9. The average molecular weight is 484 g/mol. The molecule has 1 saturated heterocycles. The highest BCUT2D eigenvalue weighted by molar-refractivity contribution is 9.10. The molecule has 0 aromatic heterocycles. The van der Waals surface area contributed by atoms with E-state index in [1.165, 1.54) is 94.1 Å². The van der Waals surface area contributed by atoms with Crippen molar-refractivity contribution in [2.75, 3.05) is 32.7 Å². The van der Waals surface area contributed by atoms with Crippen LogP contribution in [0.15, 0.2) is 22.7 Å². The van der Waals surface area contributed by atoms with Crippen molar-refractivity contribution in [3.8, 4) is 0 Å². The second-order valence-electron chi connectivity index (χ2n) is 9.26. The van der Waals surface area contributed by atoms with E-state index in [1.807, 2.05) is 6.07 Å². The Morgan fingerprint density at radius 1 is 1.00 bits per heavy atom. The number of rotatable bonds is 9. The van der Waals surface area contributed by atoms with Gasteiger partial charge in [0.25, 0.3) is 0 Å². The van der Waals surface area contributed by atoms with Gasteiger partial charge < -0.3 is 9.80 Å². The molecule has 1 aliphatic heterocycles. The molecule has 1 aromatic carbocycles. The molecule has 2 aliphatic rings. The number of halogens is 2. The fourth-order valence-electron chi connectivity index (χ4n) is 5.57. The molecule has 1 heterocycles. The Bertz CT molecular complexity index is 603. The summed E-state index contributed by atoms with van der Waals surface area (Å²) in [6, 6.07) is 7.04. The molecule has 0 radical (unpaired) electrons. The van der Waals surface area contributed by atoms with Gasteiger partial charge in [0, 0.05) is 15.5 Å². The van der Waals surface area contributed by atoms with Crippen molar-refractivity contribution in [1.82, 2.24) is 9.80 Å². The van der Waals surface area contributed by atoms with Crippen LogP contribution >= 0.6 is 27.5 Å². The van der Waals surface area contributed by atoms with Crippen LogP contribution in [0.4, 0.5) is 0 Å². The van der Waals surface area contributed by atoms with E-state index in [-0.39, 0.29) is 0 Å². The molecule has 4 heteroatoms. The second kappa shape index (κ2) is 12.1. The lowest BCUT2D eigenvalue weighted by molar-refractivity contribution is 0.139. The van der Waals surface area contributed by atoms with Gasteiger partial charge >= 0.3 is 0 Å². The molecule has 29 heavy (non-hydrogen) atoms. The van der Waals surface area contributed by atoms with Gasteiger partial charge in [-0.1, -0.05) is 41.4 Å². The van der Waals surface area contributed by atoms with Crippen LogP contribution in [0.1, 0.15) is 70.8 Å². The minimum Gasteiger partial charge on any atom is -0.303 e. The van der Waals surface area contributed by atoms with Crippen molar-refractivity contribution >= 4 is 27.5 Å². The van der Waals surface area contributed by atoms with E-state index in [1.54, 1.807) is 0 Å². The van der Waals surface area contributed by atoms with Gasteiger partial charge in [0.15, 0.2) is 0 Å². The average Bonchev–Trinajstić information content (AvgIpc) is 2.74. The summed E-state index contributed by atoms with van der Waals surface area (Å²) in [4.78, 5) is 5.38. The van der Waals surface area contributed by atoms with Gasteiger partial charge in [0.2, 0.25) is 0 Å². The minimum absolute atomic E-state index is 0.802. The molecule has 1 saturated carbocycles. The number of nitrogens with zero attached hydrogens (tertiary/aromatic N) is 2. The Morgan fingerprint density at radius 2 is 1.69 bits per heavy atom. The monoisotopic (exact) mass is 482 g/mol. The normalized spacial score (nSPS) is 24.3. The molecular weight excluding hydrogens is 444 g/mol. The molecule has 2 fully saturated rings. The van der Waals surface area contributed by atoms with Gasteiger partial charge in [-0.2, -0.15) is 0 Å². The van der Waals surface area contributed by atoms with E-state index in [4.69, 9.17) is 11.6 Å². The Kier molecular flexibility index (Phi) is 9.82. The van der Waals surface area contributed by atoms with E-state index in [0.717, 1.165) is 29.3 Å². The number of benzene rings is 1. The molecule has 2 nitrogen and oxygen atoms in total. The highest BCUT2D eigenvalue weighted by Crippen LogP contribution is 2.31. The summed E-state index contributed by atoms with van der Waals surface area (Å²) in [5.74, 6) is 1.79. The van der Waals surface area contributed by atoms with Gasteiger partial charge in [-0.25, -0.2) is 0 Å². The Morgan fingerprint density at radius 3 is 2.34 bits per heavy atom. The van der Waals surface area contributed by atoms with Crippen LogP contribution in [0.25, 0.3) is 0 Å². The Labute approximate surface area is 192 Å². The Hall–Kier alpha value is -0.0900. The maximum Gasteiger partial charge on any atom is 0.0409 e. The first-order valence-electron chi connectivity index (χ1n) is 12.0. The minimum atomic E-state index is 0.802. The molecule has 0 unspecified atom stereocenters. The van der Waals surface area contributed by atoms with Gasteiger partial charge in [0.1, 0.15) is 0 Å². The van der Waals surface area contributed by atoms with Crippen molar-refractivity contribution in [1.29, 1.82) is 0 Å². The summed E-state index contributed by atoms with van der Waals surface area (Å²) >= 11 is 9.87. The van der Waals surface area contributed by atoms with Crippen LogP contribution in [0.3, 0.4) is 0 Å². The number of piperidine rings is 1. The molecule has 3 rings (SSSR count). The second-order valence-corrected chi connectivity index (χ2v) is 10.6. The van der Waals surface area contributed by atoms with Crippen LogP contribution in [-0.4, -0.2) is 48.6 Å². The molecule has 164 valence electrons. The van der Waals surface area contributed by atoms with Crippen LogP contribution in [0.2, 0.25) is 5.02 Å². The van der Waals surface area contributed by atoms with E-state index in [9.17, 15) is 0 Å². The van der Waals surface area contributed by atoms with Gasteiger partial charge in [-0.3, -0.25) is 0 Å². The first-order valence-corrected chi connectivity index (χ1v) is 13.2. The predicted octanol–water partition coefficient (Wildman–Crippen LogP) is 7.04. The van der Waals surface area contributed by atoms with E-state index < -0.39 is 0 Å². The lowest BCUT2D eigenvalue weighted by Crippen LogP contribution is -2.38. The van der Waals surface area contributed by atoms with Crippen LogP contribution in [0.5, 0.6) is 0 Å². The highest BCUT2D eigenvalue weighted by Gasteiger charge is 2.25. The quantitative estimate of drug-likeness (QED) is 0.371. The standard InChI is InChI=1S/C25H40BrClN2/c1-3-29(4-2)24-10-7-20(8-11-24)6-5-15-28-16-13-21(14-17-28)18-22-19-23(27)9-12-25(22)26/h9,12,19-21,24H,3-8,10-11,13-18H2,1-2H3. The van der Waals surface area contributed by atoms with Crippen molar-refractivity contribution in [2.45, 2.75) is 77.7 Å². The SMILES string of the molecule is CCN(CC)C1CCC(CCCN2CCC(Cc3cc(Cl)ccc3Br)CC2)CC1. The molecule has 0 spiro atoms. The van der Waals surface area contributed by atoms with Crippen LogP contribution in [0, 0.1) is 11.8 Å². The first-order chi connectivity index (χ1) is 14.1. The molecular formula is C25H40BrClN2. The zero-order chi connectivity index (χ0) is 20.6. The third kappa shape index (κ3) is 7.23. The number of hydrogen-bond donors (Lipinski definition) is 0. The predicted molar refractivity (Wildman–Crippen MR) is 130 cm³/mol. The molecule has 0 bridgehead atoms. The van der Waals surface area contributed by atoms with Gasteiger partial charge in [-0.05, 0) is 126 Å². The largest absolute Gasteiger partial charge is 0.303 e. The summed E-state index contributed by atoms with van der Waals surface area (Å²) < 4.78 is 1.21. The van der Waals surface area contributed by atoms with E-state index in [2.05, 4.69) is 51.7 Å². The summed E-state index contributed by atoms with van der Waals surface area (Å²) in [6.07, 6.45) is 12.4. The molecule has 1 aliphatic carbocycles. The zero-order valence-electron chi connectivity index (χ0n) is 18.5. The summed E-state index contributed by atoms with van der Waals surface area (Å²) in [7, 11) is 0. The summed E-state index contributed by atoms with van der Waals surface area (Å²) in [5, 5.41) is 0.853. The fourth-order valence-corrected chi connectivity index (χ4v) is 6.17. The third-order valence-electron chi connectivity index (χ3n) is 7.46. The molecule has 0 amide bonds. The van der Waals surface area contributed by atoms with Crippen molar-refractivity contribution < 1.29 is 0 Å². The molecule has 0 N–H and O–H groups in total. The van der Waals surface area contributed by atoms with Gasteiger partial charge in [-0.15, -0.1) is 0 Å². The van der Waals surface area contributed by atoms with Gasteiger partial charge in [0.05, 0.1) is 0 Å². The topological polar surface area (TPSA) is 6.48 Å². The fraction of sp³-hybridized carbons (Fsp3) is 0.760. The Balaban J connectivity index is 1.30. The maximum atomic E-state index is 6.19. The number of likely N-dealkylation sites (tertiary alicyclic amines) is 1. The van der Waals surface area contributed by atoms with Crippen molar-refractivity contribution in [2.24, 2.45) is 11.8 Å². The van der Waals surface area contributed by atoms with Crippen molar-refractivity contribution in [3.63, 3.8) is 0 Å². The molecule has 1 aromatic rings. The highest BCUT2D eigenvalue weighted by atomic mass is 79.9. The lowest BCUT2D eigenvalue weighted by Gasteiger charge is -2.36. The summed E-state index contributed by atoms with van der Waals surface area (Å²) in [5.41, 5.74) is 1.37. The lowest BCUT2D eigenvalue weighted by atomic mass is 9.82. The van der Waals surface area contributed by atoms with Crippen molar-refractivity contribution in [3.05, 3.63) is 33.3 Å². The van der Waals surface area contributed by atoms with E-state index in [0.29, 0.717) is 0 Å².